The van der Waals surface area contributed by atoms with Gasteiger partial charge in [-0.25, -0.2) is 9.48 Å². The Morgan fingerprint density at radius 1 is 1.09 bits per heavy atom. The summed E-state index contributed by atoms with van der Waals surface area (Å²) in [5.74, 6) is 1.23. The molecule has 0 aliphatic heterocycles. The standard InChI is InChI=1S/C23H25ClN6O3/c1-6-15-8-7-9-19(30-23(31)29(4)26-27-30)17(15)13-33-20-11-10-16(12-18(20)24)21-14(2)22(32-5)28(3)25-21/h7-12H,6,13H2,1-5H3. The zero-order chi connectivity index (χ0) is 23.7. The molecule has 0 spiro atoms. The molecule has 0 atom stereocenters. The maximum atomic E-state index is 12.4. The molecule has 0 bridgehead atoms. The Balaban J connectivity index is 1.64. The average Bonchev–Trinajstić information content (AvgIpc) is 3.29. The van der Waals surface area contributed by atoms with Gasteiger partial charge < -0.3 is 9.47 Å². The molecule has 2 heterocycles. The number of aryl methyl sites for hydroxylation is 3. The van der Waals surface area contributed by atoms with Crippen molar-refractivity contribution in [3.05, 3.63) is 68.6 Å². The summed E-state index contributed by atoms with van der Waals surface area (Å²) in [7, 11) is 5.01. The maximum Gasteiger partial charge on any atom is 0.368 e. The number of halogens is 1. The lowest BCUT2D eigenvalue weighted by atomic mass is 10.0. The van der Waals surface area contributed by atoms with Crippen LogP contribution in [0.25, 0.3) is 16.9 Å². The van der Waals surface area contributed by atoms with Crippen molar-refractivity contribution in [1.82, 2.24) is 29.6 Å². The zero-order valence-electron chi connectivity index (χ0n) is 19.2. The maximum absolute atomic E-state index is 12.4. The van der Waals surface area contributed by atoms with E-state index in [2.05, 4.69) is 15.5 Å². The Hall–Kier alpha value is -3.59. The van der Waals surface area contributed by atoms with E-state index >= 15 is 0 Å². The van der Waals surface area contributed by atoms with E-state index in [1.807, 2.05) is 57.3 Å². The number of nitrogens with zero attached hydrogens (tertiary/aromatic N) is 6. The van der Waals surface area contributed by atoms with Crippen molar-refractivity contribution in [3.63, 3.8) is 0 Å². The molecule has 0 saturated heterocycles. The third-order valence-electron chi connectivity index (χ3n) is 5.57. The highest BCUT2D eigenvalue weighted by atomic mass is 35.5. The van der Waals surface area contributed by atoms with Crippen LogP contribution in [0.1, 0.15) is 23.6 Å². The highest BCUT2D eigenvalue weighted by Crippen LogP contribution is 2.34. The smallest absolute Gasteiger partial charge is 0.368 e. The van der Waals surface area contributed by atoms with Gasteiger partial charge in [-0.15, -0.1) is 0 Å². The zero-order valence-corrected chi connectivity index (χ0v) is 19.9. The fourth-order valence-corrected chi connectivity index (χ4v) is 4.11. The number of methoxy groups -OCH3 is 1. The quantitative estimate of drug-likeness (QED) is 0.412. The van der Waals surface area contributed by atoms with Crippen LogP contribution in [0.15, 0.2) is 41.2 Å². The molecule has 0 N–H and O–H groups in total. The minimum atomic E-state index is -0.326. The first kappa shape index (κ1) is 22.6. The fourth-order valence-electron chi connectivity index (χ4n) is 3.87. The van der Waals surface area contributed by atoms with Crippen molar-refractivity contribution >= 4 is 11.6 Å². The summed E-state index contributed by atoms with van der Waals surface area (Å²) in [5, 5.41) is 12.8. The van der Waals surface area contributed by atoms with Gasteiger partial charge in [0.25, 0.3) is 0 Å². The van der Waals surface area contributed by atoms with Gasteiger partial charge in [-0.05, 0) is 53.6 Å². The van der Waals surface area contributed by atoms with Gasteiger partial charge in [-0.3, -0.25) is 0 Å². The Kier molecular flexibility index (Phi) is 6.24. The second kappa shape index (κ2) is 9.11. The molecule has 4 aromatic rings. The molecule has 9 nitrogen and oxygen atoms in total. The molecule has 0 amide bonds. The van der Waals surface area contributed by atoms with Gasteiger partial charge in [-0.2, -0.15) is 14.5 Å². The number of benzene rings is 2. The summed E-state index contributed by atoms with van der Waals surface area (Å²) < 4.78 is 15.7. The van der Waals surface area contributed by atoms with Crippen molar-refractivity contribution in [3.8, 4) is 28.6 Å². The first-order chi connectivity index (χ1) is 15.8. The molecule has 172 valence electrons. The Labute approximate surface area is 196 Å². The van der Waals surface area contributed by atoms with E-state index in [4.69, 9.17) is 21.1 Å². The molecule has 10 heteroatoms. The topological polar surface area (TPSA) is 89.0 Å². The summed E-state index contributed by atoms with van der Waals surface area (Å²) >= 11 is 6.57. The Morgan fingerprint density at radius 2 is 1.88 bits per heavy atom. The summed E-state index contributed by atoms with van der Waals surface area (Å²) in [6, 6.07) is 11.3. The van der Waals surface area contributed by atoms with E-state index in [1.54, 1.807) is 18.8 Å². The van der Waals surface area contributed by atoms with Gasteiger partial charge in [0.05, 0.1) is 23.5 Å². The molecule has 0 fully saturated rings. The minimum Gasteiger partial charge on any atom is -0.487 e. The van der Waals surface area contributed by atoms with E-state index in [0.717, 1.165) is 34.4 Å². The summed E-state index contributed by atoms with van der Waals surface area (Å²) in [6.45, 7) is 4.22. The molecule has 0 saturated carbocycles. The molecule has 0 unspecified atom stereocenters. The predicted octanol–water partition coefficient (Wildman–Crippen LogP) is 3.48. The highest BCUT2D eigenvalue weighted by Gasteiger charge is 2.17. The monoisotopic (exact) mass is 468 g/mol. The van der Waals surface area contributed by atoms with Crippen molar-refractivity contribution in [2.45, 2.75) is 26.9 Å². The molecular formula is C23H25ClN6O3. The molecule has 33 heavy (non-hydrogen) atoms. The van der Waals surface area contributed by atoms with Crippen LogP contribution < -0.4 is 15.2 Å². The lowest BCUT2D eigenvalue weighted by molar-refractivity contribution is 0.304. The molecule has 2 aromatic heterocycles. The van der Waals surface area contributed by atoms with Crippen LogP contribution in [0.5, 0.6) is 11.6 Å². The van der Waals surface area contributed by atoms with Gasteiger partial charge in [0.15, 0.2) is 0 Å². The average molecular weight is 469 g/mol. The largest absolute Gasteiger partial charge is 0.487 e. The van der Waals surface area contributed by atoms with E-state index < -0.39 is 0 Å². The van der Waals surface area contributed by atoms with Crippen molar-refractivity contribution in [2.75, 3.05) is 7.11 Å². The van der Waals surface area contributed by atoms with Crippen LogP contribution in [0.2, 0.25) is 5.02 Å². The summed E-state index contributed by atoms with van der Waals surface area (Å²) in [4.78, 5) is 12.4. The minimum absolute atomic E-state index is 0.220. The van der Waals surface area contributed by atoms with Crippen LogP contribution in [0.4, 0.5) is 0 Å². The third-order valence-corrected chi connectivity index (χ3v) is 5.86. The summed E-state index contributed by atoms with van der Waals surface area (Å²) in [5.41, 5.74) is 4.81. The Morgan fingerprint density at radius 3 is 2.48 bits per heavy atom. The van der Waals surface area contributed by atoms with Crippen LogP contribution in [-0.4, -0.2) is 36.7 Å². The van der Waals surface area contributed by atoms with Crippen LogP contribution in [0.3, 0.4) is 0 Å². The van der Waals surface area contributed by atoms with Gasteiger partial charge in [0, 0.05) is 30.8 Å². The van der Waals surface area contributed by atoms with Gasteiger partial charge in [0.1, 0.15) is 12.4 Å². The van der Waals surface area contributed by atoms with Crippen LogP contribution in [-0.2, 0) is 27.1 Å². The first-order valence-corrected chi connectivity index (χ1v) is 10.8. The van der Waals surface area contributed by atoms with Crippen LogP contribution >= 0.6 is 11.6 Å². The molecule has 0 aliphatic rings. The van der Waals surface area contributed by atoms with Crippen LogP contribution in [0, 0.1) is 6.92 Å². The van der Waals surface area contributed by atoms with E-state index in [1.165, 1.54) is 9.36 Å². The predicted molar refractivity (Wildman–Crippen MR) is 125 cm³/mol. The Bertz CT molecular complexity index is 1370. The summed E-state index contributed by atoms with van der Waals surface area (Å²) in [6.07, 6.45) is 0.773. The number of hydrogen-bond donors (Lipinski definition) is 0. The number of hydrogen-bond acceptors (Lipinski definition) is 6. The molecule has 0 aliphatic carbocycles. The third kappa shape index (κ3) is 4.11. The number of aromatic nitrogens is 6. The van der Waals surface area contributed by atoms with E-state index in [-0.39, 0.29) is 12.3 Å². The van der Waals surface area contributed by atoms with Gasteiger partial charge in [0.2, 0.25) is 5.88 Å². The lowest BCUT2D eigenvalue weighted by Crippen LogP contribution is -2.23. The normalized spacial score (nSPS) is 11.1. The molecule has 4 rings (SSSR count). The lowest BCUT2D eigenvalue weighted by Gasteiger charge is -2.15. The molecule has 0 radical (unpaired) electrons. The second-order valence-corrected chi connectivity index (χ2v) is 8.01. The number of ether oxygens (including phenoxy) is 2. The van der Waals surface area contributed by atoms with E-state index in [9.17, 15) is 4.79 Å². The second-order valence-electron chi connectivity index (χ2n) is 7.61. The van der Waals surface area contributed by atoms with Gasteiger partial charge >= 0.3 is 5.69 Å². The van der Waals surface area contributed by atoms with Crippen molar-refractivity contribution < 1.29 is 9.47 Å². The SMILES string of the molecule is CCc1cccc(-n2nnn(C)c2=O)c1COc1ccc(-c2nn(C)c(OC)c2C)cc1Cl. The van der Waals surface area contributed by atoms with Crippen molar-refractivity contribution in [2.24, 2.45) is 14.1 Å². The van der Waals surface area contributed by atoms with E-state index in [0.29, 0.717) is 22.3 Å². The fraction of sp³-hybridized carbons (Fsp3) is 0.304. The first-order valence-electron chi connectivity index (χ1n) is 10.5. The molecular weight excluding hydrogens is 444 g/mol. The number of tetrazole rings is 1. The van der Waals surface area contributed by atoms with Gasteiger partial charge in [-0.1, -0.05) is 30.7 Å². The molecule has 2 aromatic carbocycles. The highest BCUT2D eigenvalue weighted by molar-refractivity contribution is 6.32. The number of rotatable bonds is 7. The van der Waals surface area contributed by atoms with Crippen molar-refractivity contribution in [1.29, 1.82) is 0 Å².